The van der Waals surface area contributed by atoms with Gasteiger partial charge in [0.2, 0.25) is 5.91 Å². The SMILES string of the molecule is CCN(C(=O)C(C)Sc1nc(C)cc(N)n1)c1ccccc1. The Bertz CT molecular complexity index is 628. The molecular weight excluding hydrogens is 296 g/mol. The minimum absolute atomic E-state index is 0.0300. The third kappa shape index (κ3) is 3.98. The Morgan fingerprint density at radius 1 is 1.32 bits per heavy atom. The summed E-state index contributed by atoms with van der Waals surface area (Å²) in [5.41, 5.74) is 7.42. The van der Waals surface area contributed by atoms with Gasteiger partial charge in [0.15, 0.2) is 5.16 Å². The maximum absolute atomic E-state index is 12.7. The highest BCUT2D eigenvalue weighted by molar-refractivity contribution is 8.00. The fourth-order valence-electron chi connectivity index (χ4n) is 2.12. The zero-order valence-corrected chi connectivity index (χ0v) is 13.8. The van der Waals surface area contributed by atoms with Gasteiger partial charge in [-0.3, -0.25) is 4.79 Å². The van der Waals surface area contributed by atoms with Crippen molar-refractivity contribution in [3.8, 4) is 0 Å². The molecule has 0 aliphatic carbocycles. The first-order valence-electron chi connectivity index (χ1n) is 7.15. The van der Waals surface area contributed by atoms with Gasteiger partial charge in [0.05, 0.1) is 5.25 Å². The van der Waals surface area contributed by atoms with Gasteiger partial charge in [-0.15, -0.1) is 0 Å². The van der Waals surface area contributed by atoms with E-state index in [9.17, 15) is 4.79 Å². The van der Waals surface area contributed by atoms with Crippen molar-refractivity contribution in [1.29, 1.82) is 0 Å². The van der Waals surface area contributed by atoms with Gasteiger partial charge in [-0.1, -0.05) is 30.0 Å². The highest BCUT2D eigenvalue weighted by Crippen LogP contribution is 2.24. The van der Waals surface area contributed by atoms with Gasteiger partial charge in [0.1, 0.15) is 5.82 Å². The fraction of sp³-hybridized carbons (Fsp3) is 0.312. The summed E-state index contributed by atoms with van der Waals surface area (Å²) in [5.74, 6) is 0.451. The Hall–Kier alpha value is -2.08. The summed E-state index contributed by atoms with van der Waals surface area (Å²) in [5, 5.41) is 0.240. The number of thioether (sulfide) groups is 1. The molecule has 1 amide bonds. The number of hydrogen-bond acceptors (Lipinski definition) is 5. The topological polar surface area (TPSA) is 72.1 Å². The molecule has 2 aromatic rings. The molecule has 1 heterocycles. The number of benzene rings is 1. The second-order valence-corrected chi connectivity index (χ2v) is 6.20. The first kappa shape index (κ1) is 16.3. The molecule has 2 rings (SSSR count). The van der Waals surface area contributed by atoms with E-state index in [1.807, 2.05) is 51.1 Å². The third-order valence-corrected chi connectivity index (χ3v) is 4.08. The highest BCUT2D eigenvalue weighted by atomic mass is 32.2. The Kier molecular flexibility index (Phi) is 5.38. The summed E-state index contributed by atoms with van der Waals surface area (Å²) < 4.78 is 0. The Balaban J connectivity index is 2.14. The average molecular weight is 316 g/mol. The Morgan fingerprint density at radius 3 is 2.59 bits per heavy atom. The third-order valence-electron chi connectivity index (χ3n) is 3.13. The molecule has 0 bridgehead atoms. The number of aryl methyl sites for hydroxylation is 1. The number of anilines is 2. The van der Waals surface area contributed by atoms with E-state index >= 15 is 0 Å². The van der Waals surface area contributed by atoms with E-state index in [1.165, 1.54) is 11.8 Å². The molecule has 1 atom stereocenters. The van der Waals surface area contributed by atoms with Gasteiger partial charge in [-0.05, 0) is 32.9 Å². The fourth-order valence-corrected chi connectivity index (χ4v) is 3.02. The molecule has 5 nitrogen and oxygen atoms in total. The van der Waals surface area contributed by atoms with Crippen molar-refractivity contribution in [1.82, 2.24) is 9.97 Å². The lowest BCUT2D eigenvalue weighted by molar-refractivity contribution is -0.117. The predicted molar refractivity (Wildman–Crippen MR) is 91.0 cm³/mol. The number of para-hydroxylation sites is 1. The normalized spacial score (nSPS) is 12.0. The molecule has 1 unspecified atom stereocenters. The van der Waals surface area contributed by atoms with Crippen LogP contribution in [-0.4, -0.2) is 27.7 Å². The average Bonchev–Trinajstić information content (AvgIpc) is 2.47. The van der Waals surface area contributed by atoms with E-state index in [4.69, 9.17) is 5.73 Å². The van der Waals surface area contributed by atoms with Gasteiger partial charge >= 0.3 is 0 Å². The van der Waals surface area contributed by atoms with Crippen molar-refractivity contribution in [2.24, 2.45) is 0 Å². The summed E-state index contributed by atoms with van der Waals surface area (Å²) in [7, 11) is 0. The minimum Gasteiger partial charge on any atom is -0.384 e. The Morgan fingerprint density at radius 2 is 2.00 bits per heavy atom. The largest absolute Gasteiger partial charge is 0.384 e. The van der Waals surface area contributed by atoms with Crippen LogP contribution in [0.4, 0.5) is 11.5 Å². The lowest BCUT2D eigenvalue weighted by Gasteiger charge is -2.24. The van der Waals surface area contributed by atoms with E-state index < -0.39 is 0 Å². The molecule has 0 fully saturated rings. The lowest BCUT2D eigenvalue weighted by atomic mass is 10.2. The van der Waals surface area contributed by atoms with E-state index in [0.29, 0.717) is 17.5 Å². The van der Waals surface area contributed by atoms with Crippen LogP contribution >= 0.6 is 11.8 Å². The Labute approximate surface area is 135 Å². The van der Waals surface area contributed by atoms with Crippen molar-refractivity contribution < 1.29 is 4.79 Å². The van der Waals surface area contributed by atoms with Crippen LogP contribution in [0.1, 0.15) is 19.5 Å². The molecule has 116 valence electrons. The van der Waals surface area contributed by atoms with Gasteiger partial charge in [0.25, 0.3) is 0 Å². The highest BCUT2D eigenvalue weighted by Gasteiger charge is 2.22. The molecule has 0 radical (unpaired) electrons. The maximum atomic E-state index is 12.7. The van der Waals surface area contributed by atoms with E-state index in [0.717, 1.165) is 11.4 Å². The van der Waals surface area contributed by atoms with Crippen LogP contribution in [0.2, 0.25) is 0 Å². The van der Waals surface area contributed by atoms with Gasteiger partial charge in [-0.25, -0.2) is 9.97 Å². The van der Waals surface area contributed by atoms with Gasteiger partial charge < -0.3 is 10.6 Å². The van der Waals surface area contributed by atoms with E-state index in [2.05, 4.69) is 9.97 Å². The van der Waals surface area contributed by atoms with Crippen LogP contribution in [0.5, 0.6) is 0 Å². The zero-order chi connectivity index (χ0) is 16.1. The smallest absolute Gasteiger partial charge is 0.240 e. The first-order valence-corrected chi connectivity index (χ1v) is 8.03. The first-order chi connectivity index (χ1) is 10.5. The molecule has 0 saturated heterocycles. The number of rotatable bonds is 5. The summed E-state index contributed by atoms with van der Waals surface area (Å²) in [6, 6.07) is 11.4. The van der Waals surface area contributed by atoms with Crippen LogP contribution in [0.15, 0.2) is 41.6 Å². The number of hydrogen-bond donors (Lipinski definition) is 1. The number of carbonyl (C=O) groups excluding carboxylic acids is 1. The van der Waals surface area contributed by atoms with Crippen molar-refractivity contribution in [3.63, 3.8) is 0 Å². The van der Waals surface area contributed by atoms with Crippen LogP contribution in [0, 0.1) is 6.92 Å². The summed E-state index contributed by atoms with van der Waals surface area (Å²) in [6.45, 7) is 6.30. The molecule has 22 heavy (non-hydrogen) atoms. The van der Waals surface area contributed by atoms with Crippen LogP contribution in [0.3, 0.4) is 0 Å². The van der Waals surface area contributed by atoms with Crippen molar-refractivity contribution >= 4 is 29.2 Å². The molecule has 0 spiro atoms. The van der Waals surface area contributed by atoms with Crippen molar-refractivity contribution in [2.75, 3.05) is 17.2 Å². The number of nitrogens with two attached hydrogens (primary N) is 1. The number of carbonyl (C=O) groups is 1. The van der Waals surface area contributed by atoms with Crippen molar-refractivity contribution in [2.45, 2.75) is 31.2 Å². The number of nitrogen functional groups attached to an aromatic ring is 1. The molecular formula is C16H20N4OS. The summed E-state index contributed by atoms with van der Waals surface area (Å²) >= 11 is 1.32. The van der Waals surface area contributed by atoms with Crippen molar-refractivity contribution in [3.05, 3.63) is 42.1 Å². The minimum atomic E-state index is -0.290. The number of amides is 1. The maximum Gasteiger partial charge on any atom is 0.240 e. The standard InChI is InChI=1S/C16H20N4OS/c1-4-20(13-8-6-5-7-9-13)15(21)12(3)22-16-18-11(2)10-14(17)19-16/h5-10,12H,4H2,1-3H3,(H2,17,18,19). The summed E-state index contributed by atoms with van der Waals surface area (Å²) in [4.78, 5) is 22.9. The van der Waals surface area contributed by atoms with Crippen LogP contribution < -0.4 is 10.6 Å². The molecule has 2 N–H and O–H groups in total. The summed E-state index contributed by atoms with van der Waals surface area (Å²) in [6.07, 6.45) is 0. The van der Waals surface area contributed by atoms with Gasteiger partial charge in [0, 0.05) is 24.0 Å². The van der Waals surface area contributed by atoms with Crippen LogP contribution in [0.25, 0.3) is 0 Å². The van der Waals surface area contributed by atoms with Crippen LogP contribution in [-0.2, 0) is 4.79 Å². The monoisotopic (exact) mass is 316 g/mol. The predicted octanol–water partition coefficient (Wildman–Crippen LogP) is 2.90. The number of nitrogens with zero attached hydrogens (tertiary/aromatic N) is 3. The zero-order valence-electron chi connectivity index (χ0n) is 13.0. The molecule has 6 heteroatoms. The van der Waals surface area contributed by atoms with E-state index in [1.54, 1.807) is 11.0 Å². The molecule has 0 saturated carbocycles. The number of aromatic nitrogens is 2. The second-order valence-electron chi connectivity index (χ2n) is 4.89. The second kappa shape index (κ2) is 7.26. The molecule has 0 aliphatic rings. The molecule has 0 aliphatic heterocycles. The van der Waals surface area contributed by atoms with E-state index in [-0.39, 0.29) is 11.2 Å². The molecule has 1 aromatic heterocycles. The lowest BCUT2D eigenvalue weighted by Crippen LogP contribution is -2.36. The quantitative estimate of drug-likeness (QED) is 0.678. The molecule has 1 aromatic carbocycles. The van der Waals surface area contributed by atoms with Gasteiger partial charge in [-0.2, -0.15) is 0 Å².